The molecular weight excluding hydrogens is 194 g/mol. The van der Waals surface area contributed by atoms with Crippen molar-refractivity contribution >= 4 is 18.4 Å². The first-order valence-electron chi connectivity index (χ1n) is 5.38. The summed E-state index contributed by atoms with van der Waals surface area (Å²) in [6.07, 6.45) is 1.01. The highest BCUT2D eigenvalue weighted by molar-refractivity contribution is 7.80. The third-order valence-electron chi connectivity index (χ3n) is 2.51. The van der Waals surface area contributed by atoms with Crippen LogP contribution in [0.25, 0.3) is 0 Å². The molecule has 0 aromatic rings. The number of rotatable bonds is 6. The molecule has 3 atom stereocenters. The topological polar surface area (TPSA) is 29.1 Å². The molecule has 0 amide bonds. The molecule has 0 heterocycles. The van der Waals surface area contributed by atoms with Crippen LogP contribution in [0.2, 0.25) is 0 Å². The maximum Gasteiger partial charge on any atom is 0.152 e. The predicted octanol–water partition coefficient (Wildman–Crippen LogP) is 2.49. The lowest BCUT2D eigenvalue weighted by Crippen LogP contribution is -2.46. The lowest BCUT2D eigenvalue weighted by molar-refractivity contribution is -0.125. The van der Waals surface area contributed by atoms with E-state index in [4.69, 9.17) is 0 Å². The Hall–Kier alpha value is -0.0200. The molecule has 0 radical (unpaired) electrons. The summed E-state index contributed by atoms with van der Waals surface area (Å²) in [5, 5.41) is 3.29. The average molecular weight is 217 g/mol. The number of ketones is 1. The molecule has 1 N–H and O–H groups in total. The van der Waals surface area contributed by atoms with Crippen molar-refractivity contribution in [2.75, 3.05) is 0 Å². The van der Waals surface area contributed by atoms with Crippen molar-refractivity contribution in [2.45, 2.75) is 52.5 Å². The summed E-state index contributed by atoms with van der Waals surface area (Å²) in [5.41, 5.74) is 0. The Bertz CT molecular complexity index is 180. The van der Waals surface area contributed by atoms with Crippen LogP contribution in [-0.4, -0.2) is 17.2 Å². The van der Waals surface area contributed by atoms with Gasteiger partial charge in [0.05, 0.1) is 6.04 Å². The Morgan fingerprint density at radius 2 is 1.79 bits per heavy atom. The first-order chi connectivity index (χ1) is 6.40. The van der Waals surface area contributed by atoms with E-state index in [1.54, 1.807) is 0 Å². The number of carbonyl (C=O) groups excluding carboxylic acids is 1. The van der Waals surface area contributed by atoms with Gasteiger partial charge in [-0.15, -0.1) is 0 Å². The largest absolute Gasteiger partial charge is 0.298 e. The highest BCUT2D eigenvalue weighted by Crippen LogP contribution is 2.14. The molecule has 0 aliphatic heterocycles. The Morgan fingerprint density at radius 1 is 1.29 bits per heavy atom. The third-order valence-corrected chi connectivity index (χ3v) is 2.66. The van der Waals surface area contributed by atoms with Gasteiger partial charge in [0.25, 0.3) is 0 Å². The van der Waals surface area contributed by atoms with Gasteiger partial charge in [-0.3, -0.25) is 10.1 Å². The maximum atomic E-state index is 11.9. The number of nitrogens with one attached hydrogen (secondary N) is 1. The van der Waals surface area contributed by atoms with Gasteiger partial charge >= 0.3 is 0 Å². The minimum atomic E-state index is -0.0486. The molecule has 0 saturated carbocycles. The number of hydrogen-bond donors (Lipinski definition) is 2. The fraction of sp³-hybridized carbons (Fsp3) is 0.909. The molecule has 2 unspecified atom stereocenters. The molecule has 0 aliphatic rings. The molecular formula is C11H23NOS. The predicted molar refractivity (Wildman–Crippen MR) is 64.7 cm³/mol. The second-order valence-corrected chi connectivity index (χ2v) is 5.04. The van der Waals surface area contributed by atoms with Crippen molar-refractivity contribution < 1.29 is 4.79 Å². The maximum absolute atomic E-state index is 11.9. The molecule has 0 bridgehead atoms. The zero-order valence-electron chi connectivity index (χ0n) is 9.87. The molecule has 14 heavy (non-hydrogen) atoms. The molecule has 0 aliphatic carbocycles. The molecule has 0 rings (SSSR count). The van der Waals surface area contributed by atoms with Crippen LogP contribution in [-0.2, 0) is 4.79 Å². The highest BCUT2D eigenvalue weighted by Gasteiger charge is 2.26. The zero-order chi connectivity index (χ0) is 11.3. The summed E-state index contributed by atoms with van der Waals surface area (Å²) in [6, 6.07) is -0.0486. The van der Waals surface area contributed by atoms with Crippen molar-refractivity contribution in [2.24, 2.45) is 11.8 Å². The Balaban J connectivity index is 4.46. The quantitative estimate of drug-likeness (QED) is 0.529. The van der Waals surface area contributed by atoms with E-state index in [0.717, 1.165) is 6.42 Å². The van der Waals surface area contributed by atoms with E-state index >= 15 is 0 Å². The molecule has 0 spiro atoms. The van der Waals surface area contributed by atoms with Gasteiger partial charge in [-0.25, -0.2) is 0 Å². The summed E-state index contributed by atoms with van der Waals surface area (Å²) >= 11 is 4.27. The van der Waals surface area contributed by atoms with Crippen LogP contribution in [0.4, 0.5) is 0 Å². The van der Waals surface area contributed by atoms with E-state index in [2.05, 4.69) is 31.8 Å². The van der Waals surface area contributed by atoms with Gasteiger partial charge in [0.15, 0.2) is 5.78 Å². The Kier molecular flexibility index (Phi) is 6.45. The molecule has 0 aromatic carbocycles. The van der Waals surface area contributed by atoms with Gasteiger partial charge in [0.1, 0.15) is 0 Å². The fourth-order valence-corrected chi connectivity index (χ4v) is 1.54. The van der Waals surface area contributed by atoms with E-state index in [1.807, 2.05) is 20.8 Å². The van der Waals surface area contributed by atoms with Gasteiger partial charge in [-0.2, -0.15) is 12.6 Å². The summed E-state index contributed by atoms with van der Waals surface area (Å²) in [7, 11) is 0. The number of Topliss-reactive ketones (excluding diaryl/α,β-unsaturated/α-hetero) is 1. The molecule has 0 saturated heterocycles. The normalized spacial score (nSPS) is 17.9. The van der Waals surface area contributed by atoms with Crippen LogP contribution in [0.1, 0.15) is 41.0 Å². The van der Waals surface area contributed by atoms with E-state index in [-0.39, 0.29) is 17.3 Å². The smallest absolute Gasteiger partial charge is 0.152 e. The van der Waals surface area contributed by atoms with Crippen LogP contribution in [0.5, 0.6) is 0 Å². The summed E-state index contributed by atoms with van der Waals surface area (Å²) in [4.78, 5) is 11.9. The minimum Gasteiger partial charge on any atom is -0.298 e. The van der Waals surface area contributed by atoms with Crippen LogP contribution < -0.4 is 5.32 Å². The highest BCUT2D eigenvalue weighted by atomic mass is 32.1. The number of thiol groups is 1. The van der Waals surface area contributed by atoms with Crippen molar-refractivity contribution in [3.63, 3.8) is 0 Å². The van der Waals surface area contributed by atoms with Gasteiger partial charge in [0.2, 0.25) is 0 Å². The molecule has 84 valence electrons. The van der Waals surface area contributed by atoms with Gasteiger partial charge in [0, 0.05) is 11.3 Å². The lowest BCUT2D eigenvalue weighted by Gasteiger charge is -2.26. The Morgan fingerprint density at radius 3 is 2.07 bits per heavy atom. The minimum absolute atomic E-state index is 0.0486. The first kappa shape index (κ1) is 14.0. The molecule has 2 nitrogen and oxygen atoms in total. The summed E-state index contributed by atoms with van der Waals surface area (Å²) in [5.74, 6) is 0.758. The van der Waals surface area contributed by atoms with E-state index in [1.165, 1.54) is 0 Å². The van der Waals surface area contributed by atoms with Gasteiger partial charge < -0.3 is 0 Å². The van der Waals surface area contributed by atoms with Crippen molar-refractivity contribution in [3.05, 3.63) is 0 Å². The lowest BCUT2D eigenvalue weighted by atomic mass is 9.90. The number of hydrogen-bond acceptors (Lipinski definition) is 3. The molecule has 3 heteroatoms. The Labute approximate surface area is 93.3 Å². The van der Waals surface area contributed by atoms with Gasteiger partial charge in [-0.1, -0.05) is 34.1 Å². The third kappa shape index (κ3) is 4.47. The monoisotopic (exact) mass is 217 g/mol. The summed E-state index contributed by atoms with van der Waals surface area (Å²) in [6.45, 7) is 10.1. The second-order valence-electron chi connectivity index (χ2n) is 4.26. The van der Waals surface area contributed by atoms with Crippen LogP contribution in [0, 0.1) is 11.8 Å². The van der Waals surface area contributed by atoms with E-state index in [9.17, 15) is 4.79 Å². The van der Waals surface area contributed by atoms with Gasteiger partial charge in [-0.05, 0) is 12.8 Å². The molecule has 0 aromatic heterocycles. The SMILES string of the molecule is CCC(C)[C@@H](NC(C)S)C(=O)C(C)C. The average Bonchev–Trinajstić information content (AvgIpc) is 2.11. The van der Waals surface area contributed by atoms with Crippen molar-refractivity contribution in [3.8, 4) is 0 Å². The van der Waals surface area contributed by atoms with Crippen LogP contribution >= 0.6 is 12.6 Å². The van der Waals surface area contributed by atoms with E-state index < -0.39 is 0 Å². The first-order valence-corrected chi connectivity index (χ1v) is 5.89. The number of carbonyl (C=O) groups is 1. The fourth-order valence-electron chi connectivity index (χ4n) is 1.38. The standard InChI is InChI=1S/C11H23NOS/c1-6-8(4)10(12-9(5)14)11(13)7(2)3/h7-10,12,14H,6H2,1-5H3/t8?,9?,10-/m1/s1. The van der Waals surface area contributed by atoms with Crippen LogP contribution in [0.3, 0.4) is 0 Å². The van der Waals surface area contributed by atoms with Crippen molar-refractivity contribution in [1.29, 1.82) is 0 Å². The molecule has 0 fully saturated rings. The zero-order valence-corrected chi connectivity index (χ0v) is 10.8. The van der Waals surface area contributed by atoms with Crippen LogP contribution in [0.15, 0.2) is 0 Å². The van der Waals surface area contributed by atoms with E-state index in [0.29, 0.717) is 11.7 Å². The second kappa shape index (κ2) is 6.46. The summed E-state index contributed by atoms with van der Waals surface area (Å²) < 4.78 is 0. The van der Waals surface area contributed by atoms with Crippen molar-refractivity contribution in [1.82, 2.24) is 5.32 Å².